The van der Waals surface area contributed by atoms with Crippen LogP contribution in [-0.2, 0) is 6.54 Å². The lowest BCUT2D eigenvalue weighted by molar-refractivity contribution is -0.000205. The van der Waals surface area contributed by atoms with Crippen molar-refractivity contribution in [2.45, 2.75) is 57.8 Å². The van der Waals surface area contributed by atoms with Crippen LogP contribution in [0, 0.1) is 0 Å². The maximum absolute atomic E-state index is 10.2. The Bertz CT molecular complexity index is 617. The lowest BCUT2D eigenvalue weighted by Crippen LogP contribution is -2.58. The second kappa shape index (κ2) is 9.92. The highest BCUT2D eigenvalue weighted by molar-refractivity contribution is 5.39. The van der Waals surface area contributed by atoms with Crippen LogP contribution in [0.4, 0.5) is 0 Å². The molecular weight excluding hydrogens is 354 g/mol. The van der Waals surface area contributed by atoms with Crippen LogP contribution in [-0.4, -0.2) is 89.5 Å². The summed E-state index contributed by atoms with van der Waals surface area (Å²) in [5, 5.41) is 19.8. The molecule has 0 aromatic heterocycles. The molecule has 1 aromatic carbocycles. The Morgan fingerprint density at radius 1 is 1.14 bits per heavy atom. The van der Waals surface area contributed by atoms with Crippen LogP contribution in [0.1, 0.15) is 38.7 Å². The number of benzene rings is 1. The second-order valence-corrected chi connectivity index (χ2v) is 8.49. The fraction of sp³-hybridized carbons (Fsp3) is 0.727. The fourth-order valence-corrected chi connectivity index (χ4v) is 4.75. The van der Waals surface area contributed by atoms with Crippen LogP contribution in [0.15, 0.2) is 18.2 Å². The van der Waals surface area contributed by atoms with Crippen molar-refractivity contribution in [2.24, 2.45) is 0 Å². The number of aliphatic hydroxyl groups excluding tert-OH is 1. The van der Waals surface area contributed by atoms with Gasteiger partial charge in [0.05, 0.1) is 7.11 Å². The Morgan fingerprint density at radius 2 is 1.89 bits per heavy atom. The predicted molar refractivity (Wildman–Crippen MR) is 112 cm³/mol. The Hall–Kier alpha value is -1.34. The highest BCUT2D eigenvalue weighted by atomic mass is 16.5. The predicted octanol–water partition coefficient (Wildman–Crippen LogP) is 2.14. The van der Waals surface area contributed by atoms with Crippen molar-refractivity contribution in [1.82, 2.24) is 14.7 Å². The summed E-state index contributed by atoms with van der Waals surface area (Å²) in [5.74, 6) is 1.10. The average Bonchev–Trinajstić information content (AvgIpc) is 2.70. The van der Waals surface area contributed by atoms with Crippen LogP contribution in [0.3, 0.4) is 0 Å². The molecule has 28 heavy (non-hydrogen) atoms. The van der Waals surface area contributed by atoms with Crippen molar-refractivity contribution < 1.29 is 14.9 Å². The summed E-state index contributed by atoms with van der Waals surface area (Å²) in [6, 6.07) is 7.04. The molecule has 3 rings (SSSR count). The first-order valence-corrected chi connectivity index (χ1v) is 10.7. The molecule has 2 fully saturated rings. The van der Waals surface area contributed by atoms with Crippen molar-refractivity contribution in [2.75, 3.05) is 46.4 Å². The first-order chi connectivity index (χ1) is 13.5. The zero-order chi connectivity index (χ0) is 20.1. The summed E-state index contributed by atoms with van der Waals surface area (Å²) in [5.41, 5.74) is 0.904. The van der Waals surface area contributed by atoms with Crippen molar-refractivity contribution in [3.8, 4) is 11.5 Å². The van der Waals surface area contributed by atoms with Gasteiger partial charge in [0.25, 0.3) is 0 Å². The van der Waals surface area contributed by atoms with E-state index in [4.69, 9.17) is 4.74 Å². The van der Waals surface area contributed by atoms with E-state index in [-0.39, 0.29) is 6.61 Å². The van der Waals surface area contributed by atoms with Gasteiger partial charge < -0.3 is 19.8 Å². The van der Waals surface area contributed by atoms with Crippen molar-refractivity contribution >= 4 is 0 Å². The van der Waals surface area contributed by atoms with Crippen LogP contribution in [0.5, 0.6) is 11.5 Å². The molecule has 1 unspecified atom stereocenters. The summed E-state index contributed by atoms with van der Waals surface area (Å²) >= 11 is 0. The fourth-order valence-electron chi connectivity index (χ4n) is 4.75. The number of likely N-dealkylation sites (tertiary alicyclic amines) is 1. The van der Waals surface area contributed by atoms with Gasteiger partial charge in [0.1, 0.15) is 11.5 Å². The molecule has 2 aliphatic heterocycles. The van der Waals surface area contributed by atoms with E-state index >= 15 is 0 Å². The molecule has 2 heterocycles. The Labute approximate surface area is 169 Å². The van der Waals surface area contributed by atoms with Gasteiger partial charge >= 0.3 is 0 Å². The number of hydrogen-bond acceptors (Lipinski definition) is 6. The topological polar surface area (TPSA) is 59.4 Å². The number of aliphatic hydroxyl groups is 1. The van der Waals surface area contributed by atoms with E-state index in [9.17, 15) is 10.2 Å². The van der Waals surface area contributed by atoms with Gasteiger partial charge in [-0.25, -0.2) is 0 Å². The maximum atomic E-state index is 10.2. The third-order valence-corrected chi connectivity index (χ3v) is 6.45. The van der Waals surface area contributed by atoms with Gasteiger partial charge in [-0.15, -0.1) is 0 Å². The highest BCUT2D eigenvalue weighted by Crippen LogP contribution is 2.28. The van der Waals surface area contributed by atoms with Gasteiger partial charge in [0, 0.05) is 56.5 Å². The van der Waals surface area contributed by atoms with E-state index in [1.807, 2.05) is 6.07 Å². The van der Waals surface area contributed by atoms with Gasteiger partial charge in [-0.1, -0.05) is 0 Å². The number of piperidine rings is 1. The van der Waals surface area contributed by atoms with E-state index in [0.29, 0.717) is 30.4 Å². The number of methoxy groups -OCH3 is 1. The van der Waals surface area contributed by atoms with Crippen LogP contribution in [0.25, 0.3) is 0 Å². The SMILES string of the molecule is COc1ccc(O)c(CN2CCN(C3CCN(C(C)C)CC3)C(CCO)C2)c1. The smallest absolute Gasteiger partial charge is 0.120 e. The number of rotatable bonds is 7. The van der Waals surface area contributed by atoms with E-state index in [0.717, 1.165) is 37.4 Å². The quantitative estimate of drug-likeness (QED) is 0.743. The zero-order valence-electron chi connectivity index (χ0n) is 17.7. The van der Waals surface area contributed by atoms with E-state index in [1.165, 1.54) is 25.9 Å². The molecule has 6 heteroatoms. The Balaban J connectivity index is 1.61. The molecule has 2 aliphatic rings. The molecule has 0 radical (unpaired) electrons. The monoisotopic (exact) mass is 391 g/mol. The van der Waals surface area contributed by atoms with Gasteiger partial charge in [0.2, 0.25) is 0 Å². The molecule has 1 aromatic rings. The molecule has 2 N–H and O–H groups in total. The number of aromatic hydroxyl groups is 1. The normalized spacial score (nSPS) is 23.4. The molecule has 1 atom stereocenters. The summed E-state index contributed by atoms with van der Waals surface area (Å²) in [6.07, 6.45) is 3.25. The molecule has 158 valence electrons. The molecule has 0 bridgehead atoms. The Kier molecular flexibility index (Phi) is 7.57. The van der Waals surface area contributed by atoms with Crippen molar-refractivity contribution in [1.29, 1.82) is 0 Å². The number of nitrogens with zero attached hydrogens (tertiary/aromatic N) is 3. The minimum atomic E-state index is 0.226. The van der Waals surface area contributed by atoms with Gasteiger partial charge in [0.15, 0.2) is 0 Å². The number of piperazine rings is 1. The van der Waals surface area contributed by atoms with Crippen LogP contribution < -0.4 is 4.74 Å². The minimum Gasteiger partial charge on any atom is -0.508 e. The molecular formula is C22H37N3O3. The third-order valence-electron chi connectivity index (χ3n) is 6.45. The second-order valence-electron chi connectivity index (χ2n) is 8.49. The number of phenols is 1. The summed E-state index contributed by atoms with van der Waals surface area (Å²) in [7, 11) is 1.65. The molecule has 6 nitrogen and oxygen atoms in total. The van der Waals surface area contributed by atoms with Crippen LogP contribution >= 0.6 is 0 Å². The van der Waals surface area contributed by atoms with Crippen LogP contribution in [0.2, 0.25) is 0 Å². The summed E-state index contributed by atoms with van der Waals surface area (Å²) in [4.78, 5) is 7.61. The van der Waals surface area contributed by atoms with Gasteiger partial charge in [-0.05, 0) is 64.4 Å². The first kappa shape index (κ1) is 21.4. The molecule has 0 saturated carbocycles. The van der Waals surface area contributed by atoms with Gasteiger partial charge in [-0.3, -0.25) is 9.80 Å². The summed E-state index contributed by atoms with van der Waals surface area (Å²) in [6.45, 7) is 10.8. The lowest BCUT2D eigenvalue weighted by atomic mass is 9.97. The molecule has 0 spiro atoms. The highest BCUT2D eigenvalue weighted by Gasteiger charge is 2.34. The van der Waals surface area contributed by atoms with E-state index < -0.39 is 0 Å². The molecule has 0 aliphatic carbocycles. The zero-order valence-corrected chi connectivity index (χ0v) is 17.7. The first-order valence-electron chi connectivity index (χ1n) is 10.7. The third kappa shape index (κ3) is 5.17. The standard InChI is InChI=1S/C22H37N3O3/c1-17(2)24-9-6-19(7-10-24)25-12-11-23(16-20(25)8-13-26)15-18-14-21(28-3)4-5-22(18)27/h4-5,14,17,19-20,26-27H,6-13,15-16H2,1-3H3. The van der Waals surface area contributed by atoms with Crippen molar-refractivity contribution in [3.05, 3.63) is 23.8 Å². The molecule has 0 amide bonds. The van der Waals surface area contributed by atoms with E-state index in [1.54, 1.807) is 19.2 Å². The van der Waals surface area contributed by atoms with E-state index in [2.05, 4.69) is 28.5 Å². The number of ether oxygens (including phenoxy) is 1. The molecule has 2 saturated heterocycles. The summed E-state index contributed by atoms with van der Waals surface area (Å²) < 4.78 is 5.31. The Morgan fingerprint density at radius 3 is 2.54 bits per heavy atom. The minimum absolute atomic E-state index is 0.226. The number of hydrogen-bond donors (Lipinski definition) is 2. The maximum Gasteiger partial charge on any atom is 0.120 e. The van der Waals surface area contributed by atoms with Crippen molar-refractivity contribution in [3.63, 3.8) is 0 Å². The number of phenolic OH excluding ortho intramolecular Hbond substituents is 1. The van der Waals surface area contributed by atoms with Gasteiger partial charge in [-0.2, -0.15) is 0 Å². The lowest BCUT2D eigenvalue weighted by Gasteiger charge is -2.48. The largest absolute Gasteiger partial charge is 0.508 e. The average molecular weight is 392 g/mol.